The molecule has 1 N–H and O–H groups in total. The number of rotatable bonds is 8. The Kier molecular flexibility index (Phi) is 6.87. The van der Waals surface area contributed by atoms with Crippen LogP contribution in [0.5, 0.6) is 11.5 Å². The molecule has 1 amide bonds. The smallest absolute Gasteiger partial charge is 0.234 e. The highest BCUT2D eigenvalue weighted by Crippen LogP contribution is 2.25. The van der Waals surface area contributed by atoms with Crippen molar-refractivity contribution in [2.24, 2.45) is 0 Å². The number of benzene rings is 1. The van der Waals surface area contributed by atoms with Gasteiger partial charge in [0.25, 0.3) is 0 Å². The highest BCUT2D eigenvalue weighted by atomic mass is 16.5. The third kappa shape index (κ3) is 5.48. The second-order valence-corrected chi connectivity index (χ2v) is 4.86. The van der Waals surface area contributed by atoms with Crippen molar-refractivity contribution < 1.29 is 14.3 Å². The molecule has 20 heavy (non-hydrogen) atoms. The lowest BCUT2D eigenvalue weighted by atomic mass is 10.3. The van der Waals surface area contributed by atoms with Crippen molar-refractivity contribution in [3.8, 4) is 11.5 Å². The average molecular weight is 280 g/mol. The zero-order valence-corrected chi connectivity index (χ0v) is 12.7. The highest BCUT2D eigenvalue weighted by molar-refractivity contribution is 5.77. The molecule has 0 aliphatic heterocycles. The third-order valence-corrected chi connectivity index (χ3v) is 3.03. The monoisotopic (exact) mass is 280 g/mol. The molecule has 0 atom stereocenters. The summed E-state index contributed by atoms with van der Waals surface area (Å²) in [7, 11) is 3.53. The summed E-state index contributed by atoms with van der Waals surface area (Å²) in [5.41, 5.74) is 0. The van der Waals surface area contributed by atoms with Gasteiger partial charge in [-0.05, 0) is 33.0 Å². The van der Waals surface area contributed by atoms with Gasteiger partial charge in [-0.25, -0.2) is 0 Å². The zero-order valence-electron chi connectivity index (χ0n) is 12.7. The van der Waals surface area contributed by atoms with Crippen LogP contribution in [0.2, 0.25) is 0 Å². The standard InChI is InChI=1S/C15H24N2O3/c1-12(2)17(3)11-15(18)16-9-10-20-14-8-6-5-7-13(14)19-4/h5-8,12H,9-11H2,1-4H3,(H,16,18). The Morgan fingerprint density at radius 3 is 2.55 bits per heavy atom. The molecule has 0 aromatic heterocycles. The van der Waals surface area contributed by atoms with E-state index in [1.165, 1.54) is 0 Å². The van der Waals surface area contributed by atoms with Crippen LogP contribution in [0.3, 0.4) is 0 Å². The number of carbonyl (C=O) groups excluding carboxylic acids is 1. The number of likely N-dealkylation sites (N-methyl/N-ethyl adjacent to an activating group) is 1. The number of nitrogens with zero attached hydrogens (tertiary/aromatic N) is 1. The molecule has 0 bridgehead atoms. The van der Waals surface area contributed by atoms with Crippen LogP contribution in [0.15, 0.2) is 24.3 Å². The molecule has 0 saturated carbocycles. The fourth-order valence-electron chi connectivity index (χ4n) is 1.55. The van der Waals surface area contributed by atoms with Gasteiger partial charge in [0.1, 0.15) is 6.61 Å². The highest BCUT2D eigenvalue weighted by Gasteiger charge is 2.08. The lowest BCUT2D eigenvalue weighted by Crippen LogP contribution is -2.39. The Labute approximate surface area is 120 Å². The van der Waals surface area contributed by atoms with Gasteiger partial charge in [-0.1, -0.05) is 12.1 Å². The van der Waals surface area contributed by atoms with Gasteiger partial charge >= 0.3 is 0 Å². The van der Waals surface area contributed by atoms with Gasteiger partial charge < -0.3 is 14.8 Å². The van der Waals surface area contributed by atoms with E-state index in [-0.39, 0.29) is 5.91 Å². The first-order valence-electron chi connectivity index (χ1n) is 6.77. The number of amides is 1. The van der Waals surface area contributed by atoms with Crippen LogP contribution in [0, 0.1) is 0 Å². The number of hydrogen-bond acceptors (Lipinski definition) is 4. The Hall–Kier alpha value is -1.75. The van der Waals surface area contributed by atoms with E-state index < -0.39 is 0 Å². The third-order valence-electron chi connectivity index (χ3n) is 3.03. The van der Waals surface area contributed by atoms with Crippen LogP contribution in [0.4, 0.5) is 0 Å². The first kappa shape index (κ1) is 16.3. The summed E-state index contributed by atoms with van der Waals surface area (Å²) in [5, 5.41) is 2.83. The van der Waals surface area contributed by atoms with E-state index in [0.29, 0.717) is 37.2 Å². The second-order valence-electron chi connectivity index (χ2n) is 4.86. The van der Waals surface area contributed by atoms with Crippen molar-refractivity contribution in [1.82, 2.24) is 10.2 Å². The summed E-state index contributed by atoms with van der Waals surface area (Å²) in [6.07, 6.45) is 0. The number of hydrogen-bond donors (Lipinski definition) is 1. The van der Waals surface area contributed by atoms with Gasteiger partial charge in [0.15, 0.2) is 11.5 Å². The minimum atomic E-state index is 0.00447. The number of nitrogens with one attached hydrogen (secondary N) is 1. The maximum atomic E-state index is 11.7. The molecular weight excluding hydrogens is 256 g/mol. The van der Waals surface area contributed by atoms with Gasteiger partial charge in [0.2, 0.25) is 5.91 Å². The van der Waals surface area contributed by atoms with Gasteiger partial charge in [0, 0.05) is 6.04 Å². The minimum Gasteiger partial charge on any atom is -0.493 e. The number of carbonyl (C=O) groups is 1. The molecule has 0 saturated heterocycles. The zero-order chi connectivity index (χ0) is 15.0. The molecule has 5 nitrogen and oxygen atoms in total. The molecule has 5 heteroatoms. The van der Waals surface area contributed by atoms with Crippen molar-refractivity contribution in [1.29, 1.82) is 0 Å². The number of ether oxygens (including phenoxy) is 2. The molecule has 0 spiro atoms. The predicted octanol–water partition coefficient (Wildman–Crippen LogP) is 1.53. The summed E-state index contributed by atoms with van der Waals surface area (Å²) in [5.74, 6) is 1.38. The van der Waals surface area contributed by atoms with Crippen LogP contribution in [0.1, 0.15) is 13.8 Å². The molecule has 112 valence electrons. The van der Waals surface area contributed by atoms with E-state index >= 15 is 0 Å². The summed E-state index contributed by atoms with van der Waals surface area (Å²) in [6.45, 7) is 5.39. The van der Waals surface area contributed by atoms with Gasteiger partial charge in [0.05, 0.1) is 20.2 Å². The van der Waals surface area contributed by atoms with Crippen LogP contribution >= 0.6 is 0 Å². The Morgan fingerprint density at radius 1 is 1.30 bits per heavy atom. The average Bonchev–Trinajstić information content (AvgIpc) is 2.43. The normalized spacial score (nSPS) is 10.7. The topological polar surface area (TPSA) is 50.8 Å². The first-order valence-corrected chi connectivity index (χ1v) is 6.77. The molecule has 0 aliphatic carbocycles. The van der Waals surface area contributed by atoms with Gasteiger partial charge in [-0.3, -0.25) is 9.69 Å². The van der Waals surface area contributed by atoms with E-state index in [9.17, 15) is 4.79 Å². The molecule has 0 heterocycles. The van der Waals surface area contributed by atoms with E-state index in [2.05, 4.69) is 19.2 Å². The Balaban J connectivity index is 2.26. The van der Waals surface area contributed by atoms with Crippen LogP contribution in [-0.2, 0) is 4.79 Å². The molecule has 0 aliphatic rings. The van der Waals surface area contributed by atoms with Crippen molar-refractivity contribution in [3.05, 3.63) is 24.3 Å². The summed E-state index contributed by atoms with van der Waals surface area (Å²) >= 11 is 0. The van der Waals surface area contributed by atoms with Crippen molar-refractivity contribution in [3.63, 3.8) is 0 Å². The van der Waals surface area contributed by atoms with Crippen LogP contribution in [0.25, 0.3) is 0 Å². The van der Waals surface area contributed by atoms with Crippen LogP contribution in [-0.4, -0.2) is 50.7 Å². The fourth-order valence-corrected chi connectivity index (χ4v) is 1.55. The van der Waals surface area contributed by atoms with Gasteiger partial charge in [-0.2, -0.15) is 0 Å². The minimum absolute atomic E-state index is 0.00447. The summed E-state index contributed by atoms with van der Waals surface area (Å²) < 4.78 is 10.8. The van der Waals surface area contributed by atoms with Crippen LogP contribution < -0.4 is 14.8 Å². The Morgan fingerprint density at radius 2 is 1.95 bits per heavy atom. The number of para-hydroxylation sites is 2. The summed E-state index contributed by atoms with van der Waals surface area (Å²) in [6, 6.07) is 7.80. The maximum absolute atomic E-state index is 11.7. The van der Waals surface area contributed by atoms with Gasteiger partial charge in [-0.15, -0.1) is 0 Å². The lowest BCUT2D eigenvalue weighted by Gasteiger charge is -2.20. The van der Waals surface area contributed by atoms with Crippen molar-refractivity contribution in [2.45, 2.75) is 19.9 Å². The largest absolute Gasteiger partial charge is 0.493 e. The Bertz CT molecular complexity index is 421. The molecule has 1 aromatic carbocycles. The first-order chi connectivity index (χ1) is 9.54. The molecule has 0 radical (unpaired) electrons. The number of methoxy groups -OCH3 is 1. The molecule has 1 rings (SSSR count). The van der Waals surface area contributed by atoms with E-state index in [4.69, 9.17) is 9.47 Å². The molecule has 0 fully saturated rings. The van der Waals surface area contributed by atoms with Crippen molar-refractivity contribution >= 4 is 5.91 Å². The summed E-state index contributed by atoms with van der Waals surface area (Å²) in [4.78, 5) is 13.6. The lowest BCUT2D eigenvalue weighted by molar-refractivity contribution is -0.122. The second kappa shape index (κ2) is 8.43. The molecule has 0 unspecified atom stereocenters. The van der Waals surface area contributed by atoms with E-state index in [0.717, 1.165) is 0 Å². The van der Waals surface area contributed by atoms with E-state index in [1.807, 2.05) is 36.2 Å². The maximum Gasteiger partial charge on any atom is 0.234 e. The molecular formula is C15H24N2O3. The quantitative estimate of drug-likeness (QED) is 0.734. The molecule has 1 aromatic rings. The fraction of sp³-hybridized carbons (Fsp3) is 0.533. The SMILES string of the molecule is COc1ccccc1OCCNC(=O)CN(C)C(C)C. The predicted molar refractivity (Wildman–Crippen MR) is 79.3 cm³/mol. The van der Waals surface area contributed by atoms with E-state index in [1.54, 1.807) is 7.11 Å². The van der Waals surface area contributed by atoms with Crippen molar-refractivity contribution in [2.75, 3.05) is 33.9 Å².